The van der Waals surface area contributed by atoms with Crippen LogP contribution in [0.15, 0.2) is 11.1 Å². The van der Waals surface area contributed by atoms with E-state index in [-0.39, 0.29) is 35.6 Å². The summed E-state index contributed by atoms with van der Waals surface area (Å²) in [6.45, 7) is 0.0332. The number of hydrogen-bond donors (Lipinski definition) is 4. The molecule has 1 saturated carbocycles. The number of nitrogen functional groups attached to an aromatic ring is 1. The third kappa shape index (κ3) is 3.20. The van der Waals surface area contributed by atoms with Crippen LogP contribution in [0.25, 0.3) is 0 Å². The minimum absolute atomic E-state index is 0.0232. The smallest absolute Gasteiger partial charge is 0.245 e. The molecule has 0 bridgehead atoms. The average molecular weight is 273 g/mol. The van der Waals surface area contributed by atoms with Crippen LogP contribution >= 0.6 is 0 Å². The Labute approximate surface area is 104 Å². The van der Waals surface area contributed by atoms with Crippen molar-refractivity contribution in [1.29, 1.82) is 0 Å². The van der Waals surface area contributed by atoms with E-state index in [1.807, 2.05) is 0 Å². The van der Waals surface area contributed by atoms with E-state index in [2.05, 4.69) is 20.2 Å². The Kier molecular flexibility index (Phi) is 3.53. The minimum Gasteiger partial charge on any atom is -0.383 e. The maximum Gasteiger partial charge on any atom is 0.245 e. The largest absolute Gasteiger partial charge is 0.383 e. The van der Waals surface area contributed by atoms with E-state index < -0.39 is 10.0 Å². The number of anilines is 1. The monoisotopic (exact) mass is 273 g/mol. The number of nitrogens with one attached hydrogen (secondary N) is 3. The molecule has 0 unspecified atom stereocenters. The minimum atomic E-state index is -3.70. The lowest BCUT2D eigenvalue weighted by atomic mass is 10.4. The molecule has 0 atom stereocenters. The van der Waals surface area contributed by atoms with Crippen LogP contribution < -0.4 is 15.8 Å². The number of amides is 1. The fourth-order valence-corrected chi connectivity index (χ4v) is 2.46. The van der Waals surface area contributed by atoms with Crippen molar-refractivity contribution in [1.82, 2.24) is 20.2 Å². The van der Waals surface area contributed by atoms with Gasteiger partial charge in [-0.2, -0.15) is 5.10 Å². The standard InChI is InChI=1S/C9H15N5O3S/c10-9-7(5-11-14-9)18(16,17)12-4-3-8(15)13-6-1-2-6/h5-6,12H,1-4H2,(H,13,15)(H3,10,11,14). The van der Waals surface area contributed by atoms with Crippen LogP contribution in [0, 0.1) is 0 Å². The molecule has 1 fully saturated rings. The highest BCUT2D eigenvalue weighted by molar-refractivity contribution is 7.89. The molecule has 2 rings (SSSR count). The zero-order valence-corrected chi connectivity index (χ0v) is 10.5. The first-order valence-corrected chi connectivity index (χ1v) is 7.05. The van der Waals surface area contributed by atoms with Gasteiger partial charge in [-0.3, -0.25) is 9.89 Å². The highest BCUT2D eigenvalue weighted by atomic mass is 32.2. The maximum absolute atomic E-state index is 11.7. The number of aromatic amines is 1. The van der Waals surface area contributed by atoms with E-state index in [0.29, 0.717) is 0 Å². The van der Waals surface area contributed by atoms with Crippen molar-refractivity contribution in [2.24, 2.45) is 0 Å². The zero-order valence-electron chi connectivity index (χ0n) is 9.64. The van der Waals surface area contributed by atoms with Crippen molar-refractivity contribution >= 4 is 21.7 Å². The van der Waals surface area contributed by atoms with Gasteiger partial charge in [0.1, 0.15) is 10.7 Å². The normalized spacial score (nSPS) is 15.6. The van der Waals surface area contributed by atoms with Crippen LogP contribution in [0.4, 0.5) is 5.82 Å². The van der Waals surface area contributed by atoms with E-state index in [9.17, 15) is 13.2 Å². The first kappa shape index (κ1) is 12.8. The number of nitrogens with two attached hydrogens (primary N) is 1. The lowest BCUT2D eigenvalue weighted by Crippen LogP contribution is -2.31. The van der Waals surface area contributed by atoms with Crippen molar-refractivity contribution in [3.63, 3.8) is 0 Å². The van der Waals surface area contributed by atoms with Gasteiger partial charge in [0.15, 0.2) is 0 Å². The molecule has 5 N–H and O–H groups in total. The van der Waals surface area contributed by atoms with E-state index in [1.54, 1.807) is 0 Å². The van der Waals surface area contributed by atoms with Crippen molar-refractivity contribution in [3.8, 4) is 0 Å². The molecule has 8 nitrogen and oxygen atoms in total. The van der Waals surface area contributed by atoms with Gasteiger partial charge < -0.3 is 11.1 Å². The summed E-state index contributed by atoms with van der Waals surface area (Å²) in [7, 11) is -3.70. The molecule has 1 aliphatic rings. The Morgan fingerprint density at radius 1 is 1.56 bits per heavy atom. The Balaban J connectivity index is 1.82. The van der Waals surface area contributed by atoms with Crippen LogP contribution in [-0.2, 0) is 14.8 Å². The fraction of sp³-hybridized carbons (Fsp3) is 0.556. The summed E-state index contributed by atoms with van der Waals surface area (Å²) in [5, 5.41) is 8.64. The zero-order chi connectivity index (χ0) is 13.2. The quantitative estimate of drug-likeness (QED) is 0.525. The van der Waals surface area contributed by atoms with Crippen LogP contribution in [0.2, 0.25) is 0 Å². The van der Waals surface area contributed by atoms with Gasteiger partial charge in [0, 0.05) is 19.0 Å². The second-order valence-electron chi connectivity index (χ2n) is 4.14. The number of sulfonamides is 1. The molecule has 9 heteroatoms. The van der Waals surface area contributed by atoms with E-state index >= 15 is 0 Å². The molecule has 1 aromatic heterocycles. The second-order valence-corrected chi connectivity index (χ2v) is 5.87. The molecule has 1 aliphatic carbocycles. The summed E-state index contributed by atoms with van der Waals surface area (Å²) in [6, 6.07) is 0.277. The van der Waals surface area contributed by atoms with Crippen LogP contribution in [-0.4, -0.2) is 37.1 Å². The topological polar surface area (TPSA) is 130 Å². The maximum atomic E-state index is 11.7. The molecule has 0 aromatic carbocycles. The lowest BCUT2D eigenvalue weighted by Gasteiger charge is -2.06. The van der Waals surface area contributed by atoms with E-state index in [1.165, 1.54) is 0 Å². The summed E-state index contributed by atoms with van der Waals surface area (Å²) < 4.78 is 25.8. The number of hydrogen-bond acceptors (Lipinski definition) is 5. The van der Waals surface area contributed by atoms with Gasteiger partial charge in [-0.25, -0.2) is 13.1 Å². The van der Waals surface area contributed by atoms with Crippen LogP contribution in [0.3, 0.4) is 0 Å². The van der Waals surface area contributed by atoms with Gasteiger partial charge in [0.2, 0.25) is 15.9 Å². The molecule has 0 saturated heterocycles. The summed E-state index contributed by atoms with van der Waals surface area (Å²) in [5.74, 6) is -0.176. The fourth-order valence-electron chi connectivity index (χ4n) is 1.40. The Morgan fingerprint density at radius 3 is 2.83 bits per heavy atom. The van der Waals surface area contributed by atoms with Gasteiger partial charge in [-0.05, 0) is 12.8 Å². The average Bonchev–Trinajstić information content (AvgIpc) is 2.97. The third-order valence-electron chi connectivity index (χ3n) is 2.51. The third-order valence-corrected chi connectivity index (χ3v) is 4.00. The van der Waals surface area contributed by atoms with Crippen LogP contribution in [0.5, 0.6) is 0 Å². The predicted octanol–water partition coefficient (Wildman–Crippen LogP) is -1.06. The molecule has 18 heavy (non-hydrogen) atoms. The molecule has 1 aromatic rings. The summed E-state index contributed by atoms with van der Waals surface area (Å²) in [4.78, 5) is 11.2. The summed E-state index contributed by atoms with van der Waals surface area (Å²) >= 11 is 0. The van der Waals surface area contributed by atoms with Gasteiger partial charge in [0.25, 0.3) is 0 Å². The van der Waals surface area contributed by atoms with E-state index in [0.717, 1.165) is 19.0 Å². The highest BCUT2D eigenvalue weighted by Crippen LogP contribution is 2.18. The van der Waals surface area contributed by atoms with Gasteiger partial charge >= 0.3 is 0 Å². The molecule has 0 radical (unpaired) electrons. The van der Waals surface area contributed by atoms with Crippen LogP contribution in [0.1, 0.15) is 19.3 Å². The van der Waals surface area contributed by atoms with Gasteiger partial charge in [0.05, 0.1) is 6.20 Å². The first-order valence-electron chi connectivity index (χ1n) is 5.57. The Hall–Kier alpha value is -1.61. The molecular formula is C9H15N5O3S. The Morgan fingerprint density at radius 2 is 2.28 bits per heavy atom. The molecule has 0 aliphatic heterocycles. The first-order chi connectivity index (χ1) is 8.49. The summed E-state index contributed by atoms with van der Waals surface area (Å²) in [6.07, 6.45) is 3.24. The second kappa shape index (κ2) is 4.94. The SMILES string of the molecule is Nc1[nH]ncc1S(=O)(=O)NCCC(=O)NC1CC1. The summed E-state index contributed by atoms with van der Waals surface area (Å²) in [5.41, 5.74) is 5.42. The Bertz CT molecular complexity index is 534. The van der Waals surface area contributed by atoms with Crippen molar-refractivity contribution in [3.05, 3.63) is 6.20 Å². The number of rotatable bonds is 6. The lowest BCUT2D eigenvalue weighted by molar-refractivity contribution is -0.121. The molecular weight excluding hydrogens is 258 g/mol. The van der Waals surface area contributed by atoms with Crippen molar-refractivity contribution in [2.75, 3.05) is 12.3 Å². The van der Waals surface area contributed by atoms with Crippen molar-refractivity contribution in [2.45, 2.75) is 30.2 Å². The molecule has 1 amide bonds. The number of carbonyl (C=O) groups is 1. The van der Waals surface area contributed by atoms with E-state index in [4.69, 9.17) is 5.73 Å². The number of nitrogens with zero attached hydrogens (tertiary/aromatic N) is 1. The van der Waals surface area contributed by atoms with Crippen molar-refractivity contribution < 1.29 is 13.2 Å². The molecule has 1 heterocycles. The predicted molar refractivity (Wildman–Crippen MR) is 64.0 cm³/mol. The molecule has 100 valence electrons. The number of carbonyl (C=O) groups excluding carboxylic acids is 1. The van der Waals surface area contributed by atoms with Gasteiger partial charge in [-0.15, -0.1) is 0 Å². The molecule has 0 spiro atoms. The number of H-pyrrole nitrogens is 1. The highest BCUT2D eigenvalue weighted by Gasteiger charge is 2.23. The number of aromatic nitrogens is 2. The van der Waals surface area contributed by atoms with Gasteiger partial charge in [-0.1, -0.05) is 0 Å².